The summed E-state index contributed by atoms with van der Waals surface area (Å²) >= 11 is 1.05. The maximum Gasteiger partial charge on any atom is 0.260 e. The number of carbonyl (C=O) groups is 1. The molecule has 0 saturated heterocycles. The van der Waals surface area contributed by atoms with Crippen molar-refractivity contribution in [2.45, 2.75) is 6.54 Å². The topological polar surface area (TPSA) is 55.3 Å². The summed E-state index contributed by atoms with van der Waals surface area (Å²) in [5.41, 5.74) is 1.23. The second-order valence-electron chi connectivity index (χ2n) is 6.21. The molecule has 4 rings (SSSR count). The van der Waals surface area contributed by atoms with Crippen LogP contribution >= 0.6 is 11.3 Å². The second-order valence-corrected chi connectivity index (χ2v) is 7.22. The van der Waals surface area contributed by atoms with Gasteiger partial charge >= 0.3 is 0 Å². The molecule has 1 amide bonds. The van der Waals surface area contributed by atoms with E-state index in [1.165, 1.54) is 11.0 Å². The van der Waals surface area contributed by atoms with Crippen molar-refractivity contribution in [1.82, 2.24) is 9.97 Å². The largest absolute Gasteiger partial charge is 0.497 e. The number of halogens is 2. The highest BCUT2D eigenvalue weighted by molar-refractivity contribution is 7.22. The highest BCUT2D eigenvalue weighted by Crippen LogP contribution is 2.33. The number of anilines is 1. The smallest absolute Gasteiger partial charge is 0.260 e. The molecule has 4 aromatic rings. The Balaban J connectivity index is 1.77. The van der Waals surface area contributed by atoms with Gasteiger partial charge in [-0.1, -0.05) is 17.4 Å². The fourth-order valence-corrected chi connectivity index (χ4v) is 3.85. The standard InChI is InChI=1S/C21H15F2N3O2S/c1-28-16-6-4-14(5-7-16)20(27)26(12-13-3-2-8-24-11-13)21-25-19-17(23)9-15(22)10-18(19)29-21/h2-11H,12H2,1H3. The molecule has 0 aliphatic heterocycles. The molecule has 0 unspecified atom stereocenters. The van der Waals surface area contributed by atoms with Crippen LogP contribution in [0.4, 0.5) is 13.9 Å². The third-order valence-corrected chi connectivity index (χ3v) is 5.30. The molecular formula is C21H15F2N3O2S. The first-order valence-corrected chi connectivity index (χ1v) is 9.47. The van der Waals surface area contributed by atoms with E-state index >= 15 is 0 Å². The van der Waals surface area contributed by atoms with Gasteiger partial charge in [0.15, 0.2) is 10.9 Å². The molecule has 2 aromatic carbocycles. The molecule has 5 nitrogen and oxygen atoms in total. The van der Waals surface area contributed by atoms with E-state index in [2.05, 4.69) is 9.97 Å². The van der Waals surface area contributed by atoms with Gasteiger partial charge in [-0.2, -0.15) is 0 Å². The van der Waals surface area contributed by atoms with Crippen LogP contribution < -0.4 is 9.64 Å². The van der Waals surface area contributed by atoms with Gasteiger partial charge in [-0.15, -0.1) is 0 Å². The molecule has 0 N–H and O–H groups in total. The van der Waals surface area contributed by atoms with Crippen LogP contribution in [0.3, 0.4) is 0 Å². The Kier molecular flexibility index (Phi) is 5.18. The summed E-state index contributed by atoms with van der Waals surface area (Å²) in [6.07, 6.45) is 3.27. The normalized spacial score (nSPS) is 10.9. The first kappa shape index (κ1) is 18.9. The van der Waals surface area contributed by atoms with Gasteiger partial charge in [0, 0.05) is 24.0 Å². The van der Waals surface area contributed by atoms with Crippen molar-refractivity contribution >= 4 is 32.6 Å². The minimum Gasteiger partial charge on any atom is -0.497 e. The highest BCUT2D eigenvalue weighted by Gasteiger charge is 2.23. The Morgan fingerprint density at radius 2 is 1.97 bits per heavy atom. The molecule has 0 fully saturated rings. The summed E-state index contributed by atoms with van der Waals surface area (Å²) in [6, 6.07) is 12.2. The summed E-state index contributed by atoms with van der Waals surface area (Å²) in [4.78, 5) is 23.0. The molecule has 0 radical (unpaired) electrons. The molecule has 2 aromatic heterocycles. The molecule has 0 bridgehead atoms. The van der Waals surface area contributed by atoms with Gasteiger partial charge < -0.3 is 4.74 Å². The zero-order valence-electron chi connectivity index (χ0n) is 15.3. The van der Waals surface area contributed by atoms with Crippen molar-refractivity contribution in [2.24, 2.45) is 0 Å². The number of hydrogen-bond donors (Lipinski definition) is 0. The first-order chi connectivity index (χ1) is 14.0. The van der Waals surface area contributed by atoms with Crippen molar-refractivity contribution in [3.8, 4) is 5.75 Å². The van der Waals surface area contributed by atoms with E-state index in [-0.39, 0.29) is 23.1 Å². The molecule has 0 aliphatic carbocycles. The summed E-state index contributed by atoms with van der Waals surface area (Å²) in [5, 5.41) is 0.272. The number of thiazole rings is 1. The van der Waals surface area contributed by atoms with Gasteiger partial charge in [-0.25, -0.2) is 13.8 Å². The molecule has 0 atom stereocenters. The zero-order valence-corrected chi connectivity index (χ0v) is 16.1. The number of fused-ring (bicyclic) bond motifs is 1. The van der Waals surface area contributed by atoms with Crippen LogP contribution in [0, 0.1) is 11.6 Å². The number of hydrogen-bond acceptors (Lipinski definition) is 5. The molecule has 8 heteroatoms. The number of methoxy groups -OCH3 is 1. The Morgan fingerprint density at radius 1 is 1.17 bits per heavy atom. The van der Waals surface area contributed by atoms with Crippen molar-refractivity contribution in [3.63, 3.8) is 0 Å². The second kappa shape index (κ2) is 7.92. The van der Waals surface area contributed by atoms with Crippen LogP contribution in [-0.4, -0.2) is 23.0 Å². The summed E-state index contributed by atoms with van der Waals surface area (Å²) in [6.45, 7) is 0.183. The van der Waals surface area contributed by atoms with Crippen LogP contribution in [0.2, 0.25) is 0 Å². The van der Waals surface area contributed by atoms with Gasteiger partial charge in [0.1, 0.15) is 17.1 Å². The number of benzene rings is 2. The predicted molar refractivity (Wildman–Crippen MR) is 107 cm³/mol. The Hall–Kier alpha value is -3.39. The summed E-state index contributed by atoms with van der Waals surface area (Å²) < 4.78 is 33.2. The number of carbonyl (C=O) groups excluding carboxylic acids is 1. The van der Waals surface area contributed by atoms with E-state index in [4.69, 9.17) is 4.74 Å². The van der Waals surface area contributed by atoms with Gasteiger partial charge in [0.2, 0.25) is 0 Å². The summed E-state index contributed by atoms with van der Waals surface area (Å²) in [5.74, 6) is -1.15. The van der Waals surface area contributed by atoms with Crippen LogP contribution in [0.5, 0.6) is 5.75 Å². The van der Waals surface area contributed by atoms with E-state index in [1.807, 2.05) is 6.07 Å². The molecule has 0 saturated carbocycles. The molecule has 29 heavy (non-hydrogen) atoms. The van der Waals surface area contributed by atoms with Crippen LogP contribution in [0.15, 0.2) is 60.9 Å². The lowest BCUT2D eigenvalue weighted by atomic mass is 10.2. The number of amides is 1. The van der Waals surface area contributed by atoms with E-state index in [9.17, 15) is 13.6 Å². The third kappa shape index (κ3) is 3.93. The predicted octanol–water partition coefficient (Wildman–Crippen LogP) is 4.83. The Labute approximate surface area is 169 Å². The van der Waals surface area contributed by atoms with Gasteiger partial charge in [0.05, 0.1) is 18.4 Å². The fraction of sp³-hybridized carbons (Fsp3) is 0.0952. The average molecular weight is 411 g/mol. The maximum atomic E-state index is 14.1. The minimum atomic E-state index is -0.763. The van der Waals surface area contributed by atoms with E-state index in [1.54, 1.807) is 49.8 Å². The van der Waals surface area contributed by atoms with Crippen molar-refractivity contribution in [3.05, 3.63) is 83.7 Å². The van der Waals surface area contributed by atoms with Crippen LogP contribution in [0.25, 0.3) is 10.2 Å². The number of ether oxygens (including phenoxy) is 1. The molecule has 0 spiro atoms. The highest BCUT2D eigenvalue weighted by atomic mass is 32.1. The van der Waals surface area contributed by atoms with Crippen LogP contribution in [-0.2, 0) is 6.54 Å². The lowest BCUT2D eigenvalue weighted by Crippen LogP contribution is -2.30. The molecule has 2 heterocycles. The number of aromatic nitrogens is 2. The van der Waals surface area contributed by atoms with E-state index in [0.717, 1.165) is 23.0 Å². The SMILES string of the molecule is COc1ccc(C(=O)N(Cc2cccnc2)c2nc3c(F)cc(F)cc3s2)cc1. The number of rotatable bonds is 5. The van der Waals surface area contributed by atoms with Crippen molar-refractivity contribution < 1.29 is 18.3 Å². The Morgan fingerprint density at radius 3 is 2.66 bits per heavy atom. The van der Waals surface area contributed by atoms with Gasteiger partial charge in [-0.05, 0) is 42.0 Å². The fourth-order valence-electron chi connectivity index (χ4n) is 2.85. The number of nitrogens with zero attached hydrogens (tertiary/aromatic N) is 3. The van der Waals surface area contributed by atoms with Crippen molar-refractivity contribution in [1.29, 1.82) is 0 Å². The van der Waals surface area contributed by atoms with E-state index in [0.29, 0.717) is 16.0 Å². The van der Waals surface area contributed by atoms with Gasteiger partial charge in [-0.3, -0.25) is 14.7 Å². The molecule has 146 valence electrons. The first-order valence-electron chi connectivity index (χ1n) is 8.65. The summed E-state index contributed by atoms with van der Waals surface area (Å²) in [7, 11) is 1.54. The monoisotopic (exact) mass is 411 g/mol. The van der Waals surface area contributed by atoms with Crippen LogP contribution in [0.1, 0.15) is 15.9 Å². The average Bonchev–Trinajstić information content (AvgIpc) is 3.16. The van der Waals surface area contributed by atoms with E-state index < -0.39 is 11.6 Å². The minimum absolute atomic E-state index is 0.0325. The molecule has 0 aliphatic rings. The van der Waals surface area contributed by atoms with Crippen molar-refractivity contribution in [2.75, 3.05) is 12.0 Å². The zero-order chi connectivity index (χ0) is 20.4. The lowest BCUT2D eigenvalue weighted by Gasteiger charge is -2.20. The number of pyridine rings is 1. The molecular weight excluding hydrogens is 396 g/mol. The quantitative estimate of drug-likeness (QED) is 0.472. The Bertz CT molecular complexity index is 1160. The lowest BCUT2D eigenvalue weighted by molar-refractivity contribution is 0.0985. The maximum absolute atomic E-state index is 14.1. The third-order valence-electron chi connectivity index (χ3n) is 4.28. The van der Waals surface area contributed by atoms with Gasteiger partial charge in [0.25, 0.3) is 5.91 Å².